The molecule has 0 radical (unpaired) electrons. The Morgan fingerprint density at radius 3 is 2.30 bits per heavy atom. The van der Waals surface area contributed by atoms with E-state index in [0.29, 0.717) is 0 Å². The van der Waals surface area contributed by atoms with Crippen molar-refractivity contribution in [2.24, 2.45) is 0 Å². The van der Waals surface area contributed by atoms with Crippen LogP contribution in [0.1, 0.15) is 39.3 Å². The predicted molar refractivity (Wildman–Crippen MR) is 86.2 cm³/mol. The van der Waals surface area contributed by atoms with Crippen molar-refractivity contribution < 1.29 is 19.4 Å². The van der Waals surface area contributed by atoms with Crippen molar-refractivity contribution in [3.8, 4) is 0 Å². The summed E-state index contributed by atoms with van der Waals surface area (Å²) in [5, 5.41) is 12.7. The van der Waals surface area contributed by atoms with Gasteiger partial charge in [0.05, 0.1) is 13.1 Å². The van der Waals surface area contributed by atoms with Gasteiger partial charge in [0.25, 0.3) is 0 Å². The average molecular weight is 320 g/mol. The van der Waals surface area contributed by atoms with E-state index >= 15 is 0 Å². The third-order valence-corrected chi connectivity index (χ3v) is 3.78. The minimum absolute atomic E-state index is 0.0917. The maximum Gasteiger partial charge on any atom is 0.410 e. The summed E-state index contributed by atoms with van der Waals surface area (Å²) in [6.45, 7) is 7.44. The van der Waals surface area contributed by atoms with Gasteiger partial charge in [-0.1, -0.05) is 30.3 Å². The molecule has 6 heteroatoms. The molecule has 1 aromatic rings. The Bertz CT molecular complexity index is 574. The van der Waals surface area contributed by atoms with Gasteiger partial charge < -0.3 is 14.7 Å². The molecule has 23 heavy (non-hydrogen) atoms. The van der Waals surface area contributed by atoms with E-state index < -0.39 is 23.2 Å². The number of carboxylic acids is 1. The zero-order valence-electron chi connectivity index (χ0n) is 14.0. The molecule has 0 unspecified atom stereocenters. The maximum absolute atomic E-state index is 12.0. The first kappa shape index (κ1) is 17.3. The lowest BCUT2D eigenvalue weighted by molar-refractivity contribution is -0.152. The standard InChI is InChI=1S/C17H24N2O4/c1-12(13-8-6-5-7-9-13)18-17(14(20)21)10-19(11-17)15(22)23-16(2,3)4/h5-9,12,18H,10-11H2,1-4H3,(H,20,21)/t12-/m0/s1. The summed E-state index contributed by atoms with van der Waals surface area (Å²) >= 11 is 0. The molecule has 1 amide bonds. The highest BCUT2D eigenvalue weighted by Gasteiger charge is 2.53. The molecule has 2 N–H and O–H groups in total. The molecule has 1 aliphatic heterocycles. The van der Waals surface area contributed by atoms with Gasteiger partial charge in [-0.15, -0.1) is 0 Å². The molecule has 0 bridgehead atoms. The Labute approximate surface area is 136 Å². The quantitative estimate of drug-likeness (QED) is 0.890. The highest BCUT2D eigenvalue weighted by atomic mass is 16.6. The van der Waals surface area contributed by atoms with Crippen LogP contribution in [-0.4, -0.2) is 46.3 Å². The van der Waals surface area contributed by atoms with Gasteiger partial charge >= 0.3 is 12.1 Å². The summed E-state index contributed by atoms with van der Waals surface area (Å²) in [7, 11) is 0. The van der Waals surface area contributed by atoms with Crippen LogP contribution in [0.5, 0.6) is 0 Å². The zero-order valence-corrected chi connectivity index (χ0v) is 14.0. The molecule has 1 saturated heterocycles. The van der Waals surface area contributed by atoms with E-state index in [9.17, 15) is 14.7 Å². The fourth-order valence-electron chi connectivity index (χ4n) is 2.59. The van der Waals surface area contributed by atoms with Crippen LogP contribution in [0, 0.1) is 0 Å². The van der Waals surface area contributed by atoms with E-state index in [1.54, 1.807) is 20.8 Å². The predicted octanol–water partition coefficient (Wildman–Crippen LogP) is 2.41. The van der Waals surface area contributed by atoms with E-state index in [2.05, 4.69) is 5.32 Å². The first-order valence-corrected chi connectivity index (χ1v) is 7.67. The number of carboxylic acid groups (broad SMARTS) is 1. The lowest BCUT2D eigenvalue weighted by atomic mass is 9.88. The van der Waals surface area contributed by atoms with Crippen LogP contribution in [0.25, 0.3) is 0 Å². The van der Waals surface area contributed by atoms with Gasteiger partial charge in [0.1, 0.15) is 5.60 Å². The molecule has 1 aliphatic rings. The lowest BCUT2D eigenvalue weighted by Gasteiger charge is -2.48. The SMILES string of the molecule is C[C@H](NC1(C(=O)O)CN(C(=O)OC(C)(C)C)C1)c1ccccc1. The molecular weight excluding hydrogens is 296 g/mol. The summed E-state index contributed by atoms with van der Waals surface area (Å²) in [4.78, 5) is 25.1. The van der Waals surface area contributed by atoms with E-state index in [0.717, 1.165) is 5.56 Å². The number of carbonyl (C=O) groups is 2. The van der Waals surface area contributed by atoms with Gasteiger partial charge in [0.2, 0.25) is 0 Å². The van der Waals surface area contributed by atoms with Crippen LogP contribution in [0.3, 0.4) is 0 Å². The van der Waals surface area contributed by atoms with E-state index in [1.165, 1.54) is 4.90 Å². The Morgan fingerprint density at radius 1 is 1.26 bits per heavy atom. The Hall–Kier alpha value is -2.08. The van der Waals surface area contributed by atoms with E-state index in [1.807, 2.05) is 37.3 Å². The minimum atomic E-state index is -1.13. The van der Waals surface area contributed by atoms with Crippen molar-refractivity contribution >= 4 is 12.1 Å². The number of aliphatic carboxylic acids is 1. The third-order valence-electron chi connectivity index (χ3n) is 3.78. The van der Waals surface area contributed by atoms with Gasteiger partial charge in [0.15, 0.2) is 5.54 Å². The number of nitrogens with one attached hydrogen (secondary N) is 1. The molecule has 2 rings (SSSR count). The van der Waals surface area contributed by atoms with Crippen LogP contribution in [-0.2, 0) is 9.53 Å². The van der Waals surface area contributed by atoms with Crippen LogP contribution in [0.15, 0.2) is 30.3 Å². The number of ether oxygens (including phenoxy) is 1. The van der Waals surface area contributed by atoms with E-state index in [-0.39, 0.29) is 19.1 Å². The highest BCUT2D eigenvalue weighted by molar-refractivity contribution is 5.84. The summed E-state index contributed by atoms with van der Waals surface area (Å²) in [5.74, 6) is -0.958. The summed E-state index contributed by atoms with van der Waals surface area (Å²) in [6.07, 6.45) is -0.483. The zero-order chi connectivity index (χ0) is 17.3. The smallest absolute Gasteiger partial charge is 0.410 e. The minimum Gasteiger partial charge on any atom is -0.480 e. The first-order chi connectivity index (χ1) is 10.6. The van der Waals surface area contributed by atoms with Gasteiger partial charge in [0, 0.05) is 6.04 Å². The van der Waals surface area contributed by atoms with Crippen molar-refractivity contribution in [2.75, 3.05) is 13.1 Å². The number of carbonyl (C=O) groups excluding carboxylic acids is 1. The number of benzene rings is 1. The van der Waals surface area contributed by atoms with Gasteiger partial charge in [-0.2, -0.15) is 0 Å². The Balaban J connectivity index is 2.01. The lowest BCUT2D eigenvalue weighted by Crippen LogP contribution is -2.74. The summed E-state index contributed by atoms with van der Waals surface area (Å²) in [6, 6.07) is 9.49. The van der Waals surface area contributed by atoms with E-state index in [4.69, 9.17) is 4.74 Å². The molecule has 1 aromatic carbocycles. The van der Waals surface area contributed by atoms with Crippen molar-refractivity contribution in [1.82, 2.24) is 10.2 Å². The molecule has 1 fully saturated rings. The highest BCUT2D eigenvalue weighted by Crippen LogP contribution is 2.27. The van der Waals surface area contributed by atoms with Crippen molar-refractivity contribution in [1.29, 1.82) is 0 Å². The number of hydrogen-bond donors (Lipinski definition) is 2. The molecule has 126 valence electrons. The van der Waals surface area contributed by atoms with Crippen molar-refractivity contribution in [3.63, 3.8) is 0 Å². The van der Waals surface area contributed by atoms with Gasteiger partial charge in [-0.25, -0.2) is 4.79 Å². The van der Waals surface area contributed by atoms with Crippen molar-refractivity contribution in [3.05, 3.63) is 35.9 Å². The molecule has 0 spiro atoms. The Kier molecular flexibility index (Phi) is 4.66. The number of hydrogen-bond acceptors (Lipinski definition) is 4. The second-order valence-electron chi connectivity index (χ2n) is 7.00. The van der Waals surface area contributed by atoms with Gasteiger partial charge in [-0.3, -0.25) is 10.1 Å². The van der Waals surface area contributed by atoms with Crippen LogP contribution in [0.4, 0.5) is 4.79 Å². The number of amides is 1. The summed E-state index contributed by atoms with van der Waals surface area (Å²) < 4.78 is 5.27. The molecule has 0 saturated carbocycles. The van der Waals surface area contributed by atoms with Crippen LogP contribution in [0.2, 0.25) is 0 Å². The van der Waals surface area contributed by atoms with Crippen LogP contribution >= 0.6 is 0 Å². The Morgan fingerprint density at radius 2 is 1.83 bits per heavy atom. The average Bonchev–Trinajstić information content (AvgIpc) is 2.40. The number of nitrogens with zero attached hydrogens (tertiary/aromatic N) is 1. The normalized spacial score (nSPS) is 18.0. The van der Waals surface area contributed by atoms with Crippen LogP contribution < -0.4 is 5.32 Å². The largest absolute Gasteiger partial charge is 0.480 e. The molecule has 0 aliphatic carbocycles. The van der Waals surface area contributed by atoms with Gasteiger partial charge in [-0.05, 0) is 33.3 Å². The summed E-state index contributed by atoms with van der Waals surface area (Å²) in [5.41, 5.74) is -0.723. The first-order valence-electron chi connectivity index (χ1n) is 7.67. The monoisotopic (exact) mass is 320 g/mol. The number of likely N-dealkylation sites (tertiary alicyclic amines) is 1. The molecule has 0 aromatic heterocycles. The second kappa shape index (κ2) is 6.20. The fraction of sp³-hybridized carbons (Fsp3) is 0.529. The topological polar surface area (TPSA) is 78.9 Å². The second-order valence-corrected chi connectivity index (χ2v) is 7.00. The van der Waals surface area contributed by atoms with Crippen molar-refractivity contribution in [2.45, 2.75) is 44.9 Å². The third kappa shape index (κ3) is 4.01. The molecule has 1 atom stereocenters. The number of rotatable bonds is 4. The fourth-order valence-corrected chi connectivity index (χ4v) is 2.59. The maximum atomic E-state index is 12.0. The molecular formula is C17H24N2O4. The molecule has 1 heterocycles. The molecule has 6 nitrogen and oxygen atoms in total.